The molecular weight excluding hydrogens is 432 g/mol. The van der Waals surface area contributed by atoms with Crippen molar-refractivity contribution >= 4 is 38.0 Å². The molecule has 150 valence electrons. The molecule has 0 saturated carbocycles. The maximum absolute atomic E-state index is 10.1. The van der Waals surface area contributed by atoms with Gasteiger partial charge in [0.25, 0.3) is 0 Å². The Hall–Kier alpha value is -2.22. The van der Waals surface area contributed by atoms with E-state index in [1.807, 2.05) is 17.9 Å². The zero-order valence-electron chi connectivity index (χ0n) is 16.3. The Labute approximate surface area is 177 Å². The molecule has 0 aliphatic carbocycles. The lowest BCUT2D eigenvalue weighted by Crippen LogP contribution is -2.27. The van der Waals surface area contributed by atoms with Crippen LogP contribution in [0.25, 0.3) is 22.1 Å². The monoisotopic (exact) mass is 454 g/mol. The molecule has 1 atom stereocenters. The Kier molecular flexibility index (Phi) is 4.89. The number of fused-ring (bicyclic) bond motifs is 3. The summed E-state index contributed by atoms with van der Waals surface area (Å²) in [5.41, 5.74) is 5.83. The second-order valence-electron chi connectivity index (χ2n) is 7.62. The van der Waals surface area contributed by atoms with Crippen LogP contribution >= 0.6 is 15.9 Å². The van der Waals surface area contributed by atoms with Crippen molar-refractivity contribution in [1.29, 1.82) is 0 Å². The summed E-state index contributed by atoms with van der Waals surface area (Å²) in [4.78, 5) is 4.72. The number of nitrogens with zero attached hydrogens (tertiary/aromatic N) is 4. The second-order valence-corrected chi connectivity index (χ2v) is 8.54. The molecule has 1 aromatic carbocycles. The molecule has 1 N–H and O–H groups in total. The van der Waals surface area contributed by atoms with Gasteiger partial charge in [-0.15, -0.1) is 0 Å². The first-order valence-electron chi connectivity index (χ1n) is 9.93. The molecule has 3 aromatic heterocycles. The summed E-state index contributed by atoms with van der Waals surface area (Å²) in [5.74, 6) is 0.427. The Balaban J connectivity index is 1.87. The van der Waals surface area contributed by atoms with Crippen LogP contribution in [0.15, 0.2) is 47.1 Å². The van der Waals surface area contributed by atoms with E-state index < -0.39 is 0 Å². The molecule has 4 heterocycles. The summed E-state index contributed by atoms with van der Waals surface area (Å²) in [6.07, 6.45) is 3.82. The van der Waals surface area contributed by atoms with Crippen LogP contribution < -0.4 is 0 Å². The van der Waals surface area contributed by atoms with Gasteiger partial charge in [0, 0.05) is 30.9 Å². The minimum Gasteiger partial charge on any atom is -0.390 e. The van der Waals surface area contributed by atoms with E-state index >= 15 is 0 Å². The normalized spacial score (nSPS) is 16.7. The Bertz CT molecular complexity index is 1160. The van der Waals surface area contributed by atoms with E-state index in [9.17, 15) is 5.11 Å². The van der Waals surface area contributed by atoms with E-state index in [2.05, 4.69) is 62.0 Å². The number of aryl methyl sites for hydroxylation is 1. The van der Waals surface area contributed by atoms with Crippen molar-refractivity contribution in [3.8, 4) is 0 Å². The summed E-state index contributed by atoms with van der Waals surface area (Å²) in [7, 11) is 1.92. The third kappa shape index (κ3) is 3.08. The lowest BCUT2D eigenvalue weighted by molar-refractivity contribution is 0.0552. The molecule has 1 unspecified atom stereocenters. The van der Waals surface area contributed by atoms with Gasteiger partial charge in [0.1, 0.15) is 16.7 Å². The molecule has 0 radical (unpaired) electrons. The zero-order chi connectivity index (χ0) is 20.0. The van der Waals surface area contributed by atoms with Crippen molar-refractivity contribution in [2.24, 2.45) is 13.0 Å². The highest BCUT2D eigenvalue weighted by Gasteiger charge is 2.32. The van der Waals surface area contributed by atoms with Crippen LogP contribution in [0.1, 0.15) is 30.1 Å². The van der Waals surface area contributed by atoms with Crippen LogP contribution in [0, 0.1) is 5.92 Å². The smallest absolute Gasteiger partial charge is 0.114 e. The molecule has 0 spiro atoms. The van der Waals surface area contributed by atoms with Crippen molar-refractivity contribution in [2.45, 2.75) is 25.5 Å². The fraction of sp³-hybridized carbons (Fsp3) is 0.364. The second kappa shape index (κ2) is 7.55. The van der Waals surface area contributed by atoms with Crippen molar-refractivity contribution in [3.05, 3.63) is 58.3 Å². The number of aliphatic hydroxyl groups is 1. The van der Waals surface area contributed by atoms with E-state index in [0.29, 0.717) is 11.6 Å². The van der Waals surface area contributed by atoms with Gasteiger partial charge in [0.05, 0.1) is 23.7 Å². The SMILES string of the molecule is Cn1nc(CO)c2c1c1ncc(Br)cc1n2C(c1ccccc1)C1CCOCC1. The third-order valence-corrected chi connectivity index (χ3v) is 6.37. The van der Waals surface area contributed by atoms with Crippen LogP contribution in [-0.4, -0.2) is 37.7 Å². The number of aromatic nitrogens is 4. The summed E-state index contributed by atoms with van der Waals surface area (Å²) < 4.78 is 10.8. The first-order valence-corrected chi connectivity index (χ1v) is 10.7. The highest BCUT2D eigenvalue weighted by Crippen LogP contribution is 2.41. The predicted molar refractivity (Wildman–Crippen MR) is 116 cm³/mol. The maximum atomic E-state index is 10.1. The van der Waals surface area contributed by atoms with E-state index in [1.54, 1.807) is 0 Å². The quantitative estimate of drug-likeness (QED) is 0.501. The molecule has 29 heavy (non-hydrogen) atoms. The molecule has 1 aliphatic rings. The summed E-state index contributed by atoms with van der Waals surface area (Å²) >= 11 is 3.60. The minimum absolute atomic E-state index is 0.107. The zero-order valence-corrected chi connectivity index (χ0v) is 17.8. The number of pyridine rings is 1. The van der Waals surface area contributed by atoms with E-state index in [1.165, 1.54) is 5.56 Å². The Morgan fingerprint density at radius 3 is 2.69 bits per heavy atom. The van der Waals surface area contributed by atoms with Gasteiger partial charge in [-0.05, 0) is 46.3 Å². The number of hydrogen-bond acceptors (Lipinski definition) is 4. The minimum atomic E-state index is -0.107. The predicted octanol–water partition coefficient (Wildman–Crippen LogP) is 4.19. The summed E-state index contributed by atoms with van der Waals surface area (Å²) in [5, 5.41) is 14.7. The number of aliphatic hydroxyl groups excluding tert-OH is 1. The topological polar surface area (TPSA) is 65.1 Å². The van der Waals surface area contributed by atoms with E-state index in [4.69, 9.17) is 9.72 Å². The van der Waals surface area contributed by atoms with Crippen LogP contribution in [0.3, 0.4) is 0 Å². The lowest BCUT2D eigenvalue weighted by atomic mass is 9.86. The molecule has 7 heteroatoms. The fourth-order valence-electron chi connectivity index (χ4n) is 4.71. The molecule has 1 fully saturated rings. The van der Waals surface area contributed by atoms with E-state index in [-0.39, 0.29) is 12.6 Å². The molecule has 1 saturated heterocycles. The van der Waals surface area contributed by atoms with Gasteiger partial charge in [-0.1, -0.05) is 30.3 Å². The largest absolute Gasteiger partial charge is 0.390 e. The van der Waals surface area contributed by atoms with Crippen LogP contribution in [-0.2, 0) is 18.4 Å². The first kappa shape index (κ1) is 18.8. The number of hydrogen-bond donors (Lipinski definition) is 1. The van der Waals surface area contributed by atoms with Gasteiger partial charge in [0.2, 0.25) is 0 Å². The molecule has 0 bridgehead atoms. The van der Waals surface area contributed by atoms with Crippen molar-refractivity contribution in [3.63, 3.8) is 0 Å². The van der Waals surface area contributed by atoms with Gasteiger partial charge < -0.3 is 14.4 Å². The number of halogens is 1. The molecule has 4 aromatic rings. The van der Waals surface area contributed by atoms with Crippen LogP contribution in [0.4, 0.5) is 0 Å². The molecular formula is C22H23BrN4O2. The molecule has 5 rings (SSSR count). The molecule has 1 aliphatic heterocycles. The highest BCUT2D eigenvalue weighted by molar-refractivity contribution is 9.10. The van der Waals surface area contributed by atoms with Gasteiger partial charge >= 0.3 is 0 Å². The van der Waals surface area contributed by atoms with Crippen molar-refractivity contribution in [2.75, 3.05) is 13.2 Å². The third-order valence-electron chi connectivity index (χ3n) is 5.93. The highest BCUT2D eigenvalue weighted by atomic mass is 79.9. The van der Waals surface area contributed by atoms with E-state index in [0.717, 1.165) is 52.6 Å². The van der Waals surface area contributed by atoms with Gasteiger partial charge in [-0.3, -0.25) is 9.67 Å². The number of rotatable bonds is 4. The van der Waals surface area contributed by atoms with Gasteiger partial charge in [-0.2, -0.15) is 5.10 Å². The Morgan fingerprint density at radius 1 is 1.21 bits per heavy atom. The molecule has 0 amide bonds. The first-order chi connectivity index (χ1) is 14.2. The molecule has 6 nitrogen and oxygen atoms in total. The van der Waals surface area contributed by atoms with Crippen molar-refractivity contribution < 1.29 is 9.84 Å². The number of ether oxygens (including phenoxy) is 1. The Morgan fingerprint density at radius 2 is 1.97 bits per heavy atom. The van der Waals surface area contributed by atoms with Gasteiger partial charge in [0.15, 0.2) is 0 Å². The maximum Gasteiger partial charge on any atom is 0.114 e. The van der Waals surface area contributed by atoms with Gasteiger partial charge in [-0.25, -0.2) is 0 Å². The van der Waals surface area contributed by atoms with Crippen LogP contribution in [0.2, 0.25) is 0 Å². The standard InChI is InChI=1S/C22H23BrN4O2/c1-26-22-19-18(11-16(23)12-24-19)27(21(22)17(13-28)25-26)20(14-5-3-2-4-6-14)15-7-9-29-10-8-15/h2-6,11-12,15,20,28H,7-10,13H2,1H3. The lowest BCUT2D eigenvalue weighted by Gasteiger charge is -2.33. The summed E-state index contributed by atoms with van der Waals surface area (Å²) in [6, 6.07) is 12.9. The average Bonchev–Trinajstić information content (AvgIpc) is 3.25. The average molecular weight is 455 g/mol. The van der Waals surface area contributed by atoms with Crippen LogP contribution in [0.5, 0.6) is 0 Å². The summed E-state index contributed by atoms with van der Waals surface area (Å²) in [6.45, 7) is 1.44. The number of benzene rings is 1. The van der Waals surface area contributed by atoms with Crippen molar-refractivity contribution in [1.82, 2.24) is 19.3 Å². The fourth-order valence-corrected chi connectivity index (χ4v) is 5.03.